The minimum absolute atomic E-state index is 0.229. The number of rotatable bonds is 7. The molecule has 2 N–H and O–H groups in total. The van der Waals surface area contributed by atoms with Gasteiger partial charge in [0.05, 0.1) is 17.9 Å². The van der Waals surface area contributed by atoms with Crippen molar-refractivity contribution in [1.82, 2.24) is 5.32 Å². The third-order valence-corrected chi connectivity index (χ3v) is 3.92. The number of aryl methyl sites for hydroxylation is 1. The first-order chi connectivity index (χ1) is 11.9. The quantitative estimate of drug-likeness (QED) is 0.575. The van der Waals surface area contributed by atoms with E-state index in [2.05, 4.69) is 10.6 Å². The average molecular weight is 365 g/mol. The highest BCUT2D eigenvalue weighted by Gasteiger charge is 2.23. The summed E-state index contributed by atoms with van der Waals surface area (Å²) in [6.07, 6.45) is 4.35. The molecule has 0 bridgehead atoms. The highest BCUT2D eigenvalue weighted by Crippen LogP contribution is 2.29. The predicted octanol–water partition coefficient (Wildman–Crippen LogP) is 2.85. The van der Waals surface area contributed by atoms with Crippen LogP contribution < -0.4 is 10.6 Å². The smallest absolute Gasteiger partial charge is 0.330 e. The van der Waals surface area contributed by atoms with Crippen molar-refractivity contribution >= 4 is 35.1 Å². The van der Waals surface area contributed by atoms with Crippen molar-refractivity contribution in [3.63, 3.8) is 0 Å². The lowest BCUT2D eigenvalue weighted by atomic mass is 10.1. The number of ether oxygens (including phenoxy) is 1. The third kappa shape index (κ3) is 5.90. The van der Waals surface area contributed by atoms with Gasteiger partial charge in [-0.15, -0.1) is 0 Å². The molecule has 1 aliphatic carbocycles. The summed E-state index contributed by atoms with van der Waals surface area (Å²) < 4.78 is 4.72. The van der Waals surface area contributed by atoms with Gasteiger partial charge in [0.2, 0.25) is 5.91 Å². The molecule has 1 fully saturated rings. The number of esters is 1. The van der Waals surface area contributed by atoms with Crippen molar-refractivity contribution in [3.8, 4) is 0 Å². The summed E-state index contributed by atoms with van der Waals surface area (Å²) in [6.45, 7) is 4.26. The minimum Gasteiger partial charge on any atom is -0.463 e. The number of anilines is 1. The molecule has 0 atom stereocenters. The summed E-state index contributed by atoms with van der Waals surface area (Å²) in [4.78, 5) is 35.7. The molecule has 0 aromatic heterocycles. The molecule has 0 heterocycles. The zero-order valence-corrected chi connectivity index (χ0v) is 15.0. The van der Waals surface area contributed by atoms with E-state index in [1.165, 1.54) is 6.07 Å². The second kappa shape index (κ2) is 8.67. The van der Waals surface area contributed by atoms with Crippen LogP contribution in [0.3, 0.4) is 0 Å². The van der Waals surface area contributed by atoms with Crippen LogP contribution in [0, 0.1) is 12.8 Å². The van der Waals surface area contributed by atoms with E-state index in [9.17, 15) is 14.4 Å². The Bertz CT molecular complexity index is 711. The van der Waals surface area contributed by atoms with Gasteiger partial charge in [-0.3, -0.25) is 9.59 Å². The van der Waals surface area contributed by atoms with Crippen LogP contribution in [0.1, 0.15) is 35.7 Å². The van der Waals surface area contributed by atoms with Crippen LogP contribution in [0.2, 0.25) is 5.02 Å². The van der Waals surface area contributed by atoms with Crippen LogP contribution in [-0.2, 0) is 14.3 Å². The van der Waals surface area contributed by atoms with Gasteiger partial charge in [-0.2, -0.15) is 0 Å². The number of hydrogen-bond donors (Lipinski definition) is 2. The standard InChI is InChI=1S/C18H21ClN2O4/c1-3-25-16(23)7-6-15(22)21-17-11(2)8-13(19)9-14(17)18(24)20-10-12-4-5-12/h6-9,12H,3-5,10H2,1-2H3,(H,20,24)(H,21,22). The number of benzene rings is 1. The fourth-order valence-electron chi connectivity index (χ4n) is 2.24. The molecule has 134 valence electrons. The highest BCUT2D eigenvalue weighted by atomic mass is 35.5. The lowest BCUT2D eigenvalue weighted by molar-refractivity contribution is -0.137. The monoisotopic (exact) mass is 364 g/mol. The number of hydrogen-bond acceptors (Lipinski definition) is 4. The Morgan fingerprint density at radius 3 is 2.64 bits per heavy atom. The maximum atomic E-state index is 12.4. The largest absolute Gasteiger partial charge is 0.463 e. The van der Waals surface area contributed by atoms with Gasteiger partial charge >= 0.3 is 5.97 Å². The zero-order valence-electron chi connectivity index (χ0n) is 14.2. The van der Waals surface area contributed by atoms with Gasteiger partial charge in [-0.1, -0.05) is 11.6 Å². The molecule has 25 heavy (non-hydrogen) atoms. The summed E-state index contributed by atoms with van der Waals surface area (Å²) in [7, 11) is 0. The van der Waals surface area contributed by atoms with Crippen molar-refractivity contribution in [3.05, 3.63) is 40.4 Å². The lowest BCUT2D eigenvalue weighted by Gasteiger charge is -2.14. The molecule has 1 aliphatic rings. The normalized spacial score (nSPS) is 13.6. The number of carbonyl (C=O) groups is 3. The average Bonchev–Trinajstić information content (AvgIpc) is 3.37. The number of halogens is 1. The molecule has 0 radical (unpaired) electrons. The van der Waals surface area contributed by atoms with Crippen molar-refractivity contribution in [1.29, 1.82) is 0 Å². The van der Waals surface area contributed by atoms with Gasteiger partial charge in [-0.25, -0.2) is 4.79 Å². The van der Waals surface area contributed by atoms with E-state index in [0.29, 0.717) is 34.3 Å². The van der Waals surface area contributed by atoms with Crippen molar-refractivity contribution in [2.24, 2.45) is 5.92 Å². The number of nitrogens with one attached hydrogen (secondary N) is 2. The molecular formula is C18H21ClN2O4. The number of carbonyl (C=O) groups excluding carboxylic acids is 3. The Hall–Kier alpha value is -2.34. The second-order valence-electron chi connectivity index (χ2n) is 5.87. The molecule has 0 saturated heterocycles. The Morgan fingerprint density at radius 1 is 1.28 bits per heavy atom. The fraction of sp³-hybridized carbons (Fsp3) is 0.389. The van der Waals surface area contributed by atoms with E-state index in [4.69, 9.17) is 16.3 Å². The third-order valence-electron chi connectivity index (χ3n) is 3.70. The molecule has 0 aliphatic heterocycles. The maximum Gasteiger partial charge on any atom is 0.330 e. The van der Waals surface area contributed by atoms with Crippen LogP contribution >= 0.6 is 11.6 Å². The molecule has 7 heteroatoms. The van der Waals surface area contributed by atoms with Gasteiger partial charge in [-0.05, 0) is 50.3 Å². The molecule has 0 spiro atoms. The van der Waals surface area contributed by atoms with Crippen molar-refractivity contribution < 1.29 is 19.1 Å². The molecule has 2 rings (SSSR count). The van der Waals surface area contributed by atoms with Crippen LogP contribution in [0.5, 0.6) is 0 Å². The maximum absolute atomic E-state index is 12.4. The van der Waals surface area contributed by atoms with E-state index < -0.39 is 11.9 Å². The molecule has 1 saturated carbocycles. The van der Waals surface area contributed by atoms with E-state index in [1.54, 1.807) is 19.9 Å². The van der Waals surface area contributed by atoms with Crippen molar-refractivity contribution in [2.45, 2.75) is 26.7 Å². The Kier molecular flexibility index (Phi) is 6.58. The van der Waals surface area contributed by atoms with Gasteiger partial charge in [0.15, 0.2) is 0 Å². The van der Waals surface area contributed by atoms with Crippen LogP contribution in [-0.4, -0.2) is 30.9 Å². The van der Waals surface area contributed by atoms with Gasteiger partial charge < -0.3 is 15.4 Å². The minimum atomic E-state index is -0.604. The molecule has 6 nitrogen and oxygen atoms in total. The highest BCUT2D eigenvalue weighted by molar-refractivity contribution is 6.31. The Labute approximate surface area is 151 Å². The molecule has 2 amide bonds. The van der Waals surface area contributed by atoms with Crippen LogP contribution in [0.15, 0.2) is 24.3 Å². The van der Waals surface area contributed by atoms with E-state index in [1.807, 2.05) is 0 Å². The lowest BCUT2D eigenvalue weighted by Crippen LogP contribution is -2.27. The van der Waals surface area contributed by atoms with Crippen LogP contribution in [0.25, 0.3) is 0 Å². The molecule has 1 aromatic rings. The topological polar surface area (TPSA) is 84.5 Å². The summed E-state index contributed by atoms with van der Waals surface area (Å²) >= 11 is 6.05. The summed E-state index contributed by atoms with van der Waals surface area (Å²) in [5.41, 5.74) is 1.32. The van der Waals surface area contributed by atoms with Crippen molar-refractivity contribution in [2.75, 3.05) is 18.5 Å². The summed E-state index contributed by atoms with van der Waals surface area (Å²) in [5, 5.41) is 5.90. The summed E-state index contributed by atoms with van der Waals surface area (Å²) in [6, 6.07) is 3.17. The van der Waals surface area contributed by atoms with Crippen LogP contribution in [0.4, 0.5) is 5.69 Å². The summed E-state index contributed by atoms with van der Waals surface area (Å²) in [5.74, 6) is -0.889. The molecular weight excluding hydrogens is 344 g/mol. The Balaban J connectivity index is 2.13. The Morgan fingerprint density at radius 2 is 2.00 bits per heavy atom. The fourth-order valence-corrected chi connectivity index (χ4v) is 2.51. The van der Waals surface area contributed by atoms with E-state index >= 15 is 0 Å². The second-order valence-corrected chi connectivity index (χ2v) is 6.31. The molecule has 0 unspecified atom stereocenters. The first-order valence-corrected chi connectivity index (χ1v) is 8.52. The van der Waals surface area contributed by atoms with E-state index in [-0.39, 0.29) is 12.5 Å². The predicted molar refractivity (Wildman–Crippen MR) is 95.6 cm³/mol. The van der Waals surface area contributed by atoms with Gasteiger partial charge in [0.1, 0.15) is 0 Å². The molecule has 1 aromatic carbocycles. The van der Waals surface area contributed by atoms with Gasteiger partial charge in [0, 0.05) is 23.7 Å². The zero-order chi connectivity index (χ0) is 18.4. The van der Waals surface area contributed by atoms with E-state index in [0.717, 1.165) is 25.0 Å². The number of amides is 2. The first kappa shape index (κ1) is 19.0. The van der Waals surface area contributed by atoms with Gasteiger partial charge in [0.25, 0.3) is 5.91 Å². The SMILES string of the molecule is CCOC(=O)C=CC(=O)Nc1c(C)cc(Cl)cc1C(=O)NCC1CC1. The first-order valence-electron chi connectivity index (χ1n) is 8.14.